The highest BCUT2D eigenvalue weighted by atomic mass is 16.5. The Morgan fingerprint density at radius 2 is 2.05 bits per heavy atom. The molecule has 1 fully saturated rings. The fourth-order valence-corrected chi connectivity index (χ4v) is 2.82. The Kier molecular flexibility index (Phi) is 5.80. The lowest BCUT2D eigenvalue weighted by atomic mass is 9.93. The van der Waals surface area contributed by atoms with Crippen LogP contribution >= 0.6 is 0 Å². The molecule has 0 N–H and O–H groups in total. The maximum atomic E-state index is 11.1. The van der Waals surface area contributed by atoms with Crippen molar-refractivity contribution in [2.24, 2.45) is 5.92 Å². The summed E-state index contributed by atoms with van der Waals surface area (Å²) in [7, 11) is 0. The van der Waals surface area contributed by atoms with Crippen molar-refractivity contribution in [2.75, 3.05) is 31.2 Å². The van der Waals surface area contributed by atoms with Crippen LogP contribution < -0.4 is 4.90 Å². The van der Waals surface area contributed by atoms with E-state index in [-0.39, 0.29) is 0 Å². The first kappa shape index (κ1) is 16.0. The van der Waals surface area contributed by atoms with Crippen molar-refractivity contribution in [3.05, 3.63) is 29.3 Å². The van der Waals surface area contributed by atoms with E-state index >= 15 is 0 Å². The van der Waals surface area contributed by atoms with Crippen LogP contribution in [-0.4, -0.2) is 32.1 Å². The molecule has 1 aliphatic heterocycles. The second-order valence-electron chi connectivity index (χ2n) is 6.26. The second-order valence-corrected chi connectivity index (χ2v) is 6.26. The van der Waals surface area contributed by atoms with Crippen molar-refractivity contribution in [3.63, 3.8) is 0 Å². The van der Waals surface area contributed by atoms with Crippen molar-refractivity contribution >= 4 is 11.5 Å². The van der Waals surface area contributed by atoms with Gasteiger partial charge in [0.1, 0.15) is 5.78 Å². The van der Waals surface area contributed by atoms with E-state index in [1.807, 2.05) is 0 Å². The lowest BCUT2D eigenvalue weighted by Gasteiger charge is -2.29. The van der Waals surface area contributed by atoms with Crippen molar-refractivity contribution in [3.8, 4) is 0 Å². The number of anilines is 1. The summed E-state index contributed by atoms with van der Waals surface area (Å²) >= 11 is 0. The number of hydrogen-bond donors (Lipinski definition) is 0. The molecule has 1 aliphatic rings. The van der Waals surface area contributed by atoms with E-state index < -0.39 is 0 Å². The second kappa shape index (κ2) is 7.60. The predicted molar refractivity (Wildman–Crippen MR) is 87.0 cm³/mol. The average Bonchev–Trinajstić information content (AvgIpc) is 2.48. The van der Waals surface area contributed by atoms with Crippen LogP contribution in [0.4, 0.5) is 5.69 Å². The van der Waals surface area contributed by atoms with Gasteiger partial charge in [-0.2, -0.15) is 0 Å². The summed E-state index contributed by atoms with van der Waals surface area (Å²) in [5.74, 6) is 0.841. The van der Waals surface area contributed by atoms with E-state index in [2.05, 4.69) is 36.9 Å². The van der Waals surface area contributed by atoms with Gasteiger partial charge in [-0.3, -0.25) is 0 Å². The molecule has 0 spiro atoms. The molecule has 2 rings (SSSR count). The van der Waals surface area contributed by atoms with E-state index in [9.17, 15) is 4.79 Å². The normalized spacial score (nSPS) is 16.8. The largest absolute Gasteiger partial charge is 0.378 e. The molecule has 0 radical (unpaired) electrons. The molecule has 1 atom stereocenters. The lowest BCUT2D eigenvalue weighted by molar-refractivity contribution is -0.117. The number of carbonyl (C=O) groups is 1. The number of hydrogen-bond acceptors (Lipinski definition) is 3. The molecule has 21 heavy (non-hydrogen) atoms. The van der Waals surface area contributed by atoms with E-state index in [1.54, 1.807) is 6.92 Å². The minimum absolute atomic E-state index is 0.292. The Bertz CT molecular complexity index is 478. The third-order valence-corrected chi connectivity index (χ3v) is 4.27. The highest BCUT2D eigenvalue weighted by Crippen LogP contribution is 2.23. The van der Waals surface area contributed by atoms with Gasteiger partial charge in [-0.25, -0.2) is 0 Å². The Morgan fingerprint density at radius 1 is 1.33 bits per heavy atom. The van der Waals surface area contributed by atoms with Crippen molar-refractivity contribution < 1.29 is 9.53 Å². The number of ketones is 1. The molecule has 1 aromatic carbocycles. The summed E-state index contributed by atoms with van der Waals surface area (Å²) in [5.41, 5.74) is 4.06. The van der Waals surface area contributed by atoms with Gasteiger partial charge in [-0.1, -0.05) is 13.0 Å². The quantitative estimate of drug-likeness (QED) is 0.804. The number of nitrogens with zero attached hydrogens (tertiary/aromatic N) is 1. The SMILES string of the molecule is CC(=O)CCC(C)Cc1cc(N2CCOCC2)ccc1C. The molecule has 1 unspecified atom stereocenters. The smallest absolute Gasteiger partial charge is 0.129 e. The molecule has 1 saturated heterocycles. The fourth-order valence-electron chi connectivity index (χ4n) is 2.82. The Labute approximate surface area is 128 Å². The van der Waals surface area contributed by atoms with Gasteiger partial charge in [0, 0.05) is 25.2 Å². The number of aryl methyl sites for hydroxylation is 1. The molecule has 1 aromatic rings. The highest BCUT2D eigenvalue weighted by Gasteiger charge is 2.13. The zero-order valence-electron chi connectivity index (χ0n) is 13.5. The van der Waals surface area contributed by atoms with Gasteiger partial charge in [0.15, 0.2) is 0 Å². The van der Waals surface area contributed by atoms with Gasteiger partial charge in [0.25, 0.3) is 0 Å². The zero-order chi connectivity index (χ0) is 15.2. The number of benzene rings is 1. The summed E-state index contributed by atoms with van der Waals surface area (Å²) in [4.78, 5) is 13.5. The number of Topliss-reactive ketones (excluding diaryl/α,β-unsaturated/α-hetero) is 1. The summed E-state index contributed by atoms with van der Waals surface area (Å²) in [6.07, 6.45) is 2.73. The molecule has 0 bridgehead atoms. The highest BCUT2D eigenvalue weighted by molar-refractivity contribution is 5.75. The van der Waals surface area contributed by atoms with E-state index in [4.69, 9.17) is 4.74 Å². The van der Waals surface area contributed by atoms with Crippen LogP contribution in [0.3, 0.4) is 0 Å². The van der Waals surface area contributed by atoms with E-state index in [0.717, 1.165) is 39.1 Å². The van der Waals surface area contributed by atoms with Gasteiger partial charge in [0.2, 0.25) is 0 Å². The summed E-state index contributed by atoms with van der Waals surface area (Å²) in [6, 6.07) is 6.76. The lowest BCUT2D eigenvalue weighted by Crippen LogP contribution is -2.36. The maximum Gasteiger partial charge on any atom is 0.129 e. The Hall–Kier alpha value is -1.35. The average molecular weight is 289 g/mol. The summed E-state index contributed by atoms with van der Waals surface area (Å²) in [6.45, 7) is 9.68. The van der Waals surface area contributed by atoms with E-state index in [1.165, 1.54) is 16.8 Å². The summed E-state index contributed by atoms with van der Waals surface area (Å²) in [5, 5.41) is 0. The van der Waals surface area contributed by atoms with Gasteiger partial charge >= 0.3 is 0 Å². The zero-order valence-corrected chi connectivity index (χ0v) is 13.5. The van der Waals surface area contributed by atoms with Crippen LogP contribution in [0.2, 0.25) is 0 Å². The van der Waals surface area contributed by atoms with Crippen LogP contribution in [0.1, 0.15) is 37.8 Å². The van der Waals surface area contributed by atoms with Crippen LogP contribution in [0.5, 0.6) is 0 Å². The van der Waals surface area contributed by atoms with Gasteiger partial charge in [-0.05, 0) is 55.9 Å². The Balaban J connectivity index is 2.02. The third kappa shape index (κ3) is 4.85. The first-order valence-corrected chi connectivity index (χ1v) is 7.98. The molecule has 0 aromatic heterocycles. The standard InChI is InChI=1S/C18H27NO2/c1-14(4-6-16(3)20)12-17-13-18(7-5-15(17)2)19-8-10-21-11-9-19/h5,7,13-14H,4,6,8-12H2,1-3H3. The first-order chi connectivity index (χ1) is 10.1. The molecule has 0 amide bonds. The molecule has 116 valence electrons. The molecule has 1 heterocycles. The number of morpholine rings is 1. The van der Waals surface area contributed by atoms with Crippen LogP contribution in [0.25, 0.3) is 0 Å². The fraction of sp³-hybridized carbons (Fsp3) is 0.611. The van der Waals surface area contributed by atoms with Crippen LogP contribution in [0, 0.1) is 12.8 Å². The molecular formula is C18H27NO2. The van der Waals surface area contributed by atoms with Crippen molar-refractivity contribution in [2.45, 2.75) is 40.0 Å². The molecule has 0 aliphatic carbocycles. The van der Waals surface area contributed by atoms with Gasteiger partial charge in [-0.15, -0.1) is 0 Å². The maximum absolute atomic E-state index is 11.1. The molecular weight excluding hydrogens is 262 g/mol. The number of ether oxygens (including phenoxy) is 1. The summed E-state index contributed by atoms with van der Waals surface area (Å²) < 4.78 is 5.42. The minimum atomic E-state index is 0.292. The minimum Gasteiger partial charge on any atom is -0.378 e. The number of rotatable bonds is 6. The van der Waals surface area contributed by atoms with Gasteiger partial charge < -0.3 is 14.4 Å². The Morgan fingerprint density at radius 3 is 2.71 bits per heavy atom. The van der Waals surface area contributed by atoms with E-state index in [0.29, 0.717) is 18.1 Å². The van der Waals surface area contributed by atoms with Gasteiger partial charge in [0.05, 0.1) is 13.2 Å². The van der Waals surface area contributed by atoms with Crippen molar-refractivity contribution in [1.29, 1.82) is 0 Å². The third-order valence-electron chi connectivity index (χ3n) is 4.27. The van der Waals surface area contributed by atoms with Crippen LogP contribution in [-0.2, 0) is 16.0 Å². The first-order valence-electron chi connectivity index (χ1n) is 7.98. The molecule has 3 heteroatoms. The van der Waals surface area contributed by atoms with Crippen LogP contribution in [0.15, 0.2) is 18.2 Å². The molecule has 3 nitrogen and oxygen atoms in total. The molecule has 0 saturated carbocycles. The topological polar surface area (TPSA) is 29.5 Å². The number of carbonyl (C=O) groups excluding carboxylic acids is 1. The monoisotopic (exact) mass is 289 g/mol. The van der Waals surface area contributed by atoms with Crippen molar-refractivity contribution in [1.82, 2.24) is 0 Å². The predicted octanol–water partition coefficient (Wildman–Crippen LogP) is 3.38.